The van der Waals surface area contributed by atoms with Gasteiger partial charge >= 0.3 is 0 Å². The Morgan fingerprint density at radius 2 is 2.28 bits per heavy atom. The normalized spacial score (nSPS) is 19.2. The van der Waals surface area contributed by atoms with Crippen LogP contribution in [0.15, 0.2) is 17.5 Å². The Morgan fingerprint density at radius 1 is 1.44 bits per heavy atom. The molecule has 0 saturated carbocycles. The summed E-state index contributed by atoms with van der Waals surface area (Å²) in [7, 11) is 0. The fraction of sp³-hybridized carbons (Fsp3) is 0.538. The number of thiophene rings is 1. The van der Waals surface area contributed by atoms with E-state index < -0.39 is 0 Å². The monoisotopic (exact) mass is 266 g/mol. The lowest BCUT2D eigenvalue weighted by Crippen LogP contribution is -2.30. The summed E-state index contributed by atoms with van der Waals surface area (Å²) >= 11 is 1.43. The Morgan fingerprint density at radius 3 is 2.89 bits per heavy atom. The number of amides is 1. The molecule has 1 aromatic rings. The summed E-state index contributed by atoms with van der Waals surface area (Å²) in [5, 5.41) is 1.88. The van der Waals surface area contributed by atoms with Gasteiger partial charge in [0.2, 0.25) is 5.91 Å². The van der Waals surface area contributed by atoms with E-state index in [1.54, 1.807) is 6.07 Å². The first kappa shape index (κ1) is 13.2. The second kappa shape index (κ2) is 6.11. The van der Waals surface area contributed by atoms with Gasteiger partial charge in [-0.25, -0.2) is 0 Å². The van der Waals surface area contributed by atoms with E-state index in [0.717, 1.165) is 24.4 Å². The highest BCUT2D eigenvalue weighted by molar-refractivity contribution is 7.12. The SMILES string of the molecule is NCC1CCN(C(=O)CCC(=O)c2cccs2)C1. The molecule has 1 atom stereocenters. The van der Waals surface area contributed by atoms with Crippen LogP contribution in [-0.2, 0) is 4.79 Å². The zero-order chi connectivity index (χ0) is 13.0. The van der Waals surface area contributed by atoms with E-state index in [0.29, 0.717) is 25.3 Å². The molecular weight excluding hydrogens is 248 g/mol. The van der Waals surface area contributed by atoms with Crippen LogP contribution in [0.3, 0.4) is 0 Å². The molecule has 98 valence electrons. The second-order valence-corrected chi connectivity index (χ2v) is 5.58. The first-order valence-electron chi connectivity index (χ1n) is 6.25. The number of rotatable bonds is 5. The van der Waals surface area contributed by atoms with Crippen molar-refractivity contribution in [2.24, 2.45) is 11.7 Å². The highest BCUT2D eigenvalue weighted by Crippen LogP contribution is 2.17. The van der Waals surface area contributed by atoms with Gasteiger partial charge in [0.1, 0.15) is 0 Å². The van der Waals surface area contributed by atoms with Crippen molar-refractivity contribution in [3.63, 3.8) is 0 Å². The topological polar surface area (TPSA) is 63.4 Å². The van der Waals surface area contributed by atoms with Crippen molar-refractivity contribution < 1.29 is 9.59 Å². The van der Waals surface area contributed by atoms with E-state index in [9.17, 15) is 9.59 Å². The number of ketones is 1. The number of carbonyl (C=O) groups excluding carboxylic acids is 2. The maximum atomic E-state index is 11.9. The molecule has 0 aliphatic carbocycles. The highest BCUT2D eigenvalue weighted by Gasteiger charge is 2.25. The zero-order valence-electron chi connectivity index (χ0n) is 10.3. The van der Waals surface area contributed by atoms with Crippen molar-refractivity contribution in [2.75, 3.05) is 19.6 Å². The van der Waals surface area contributed by atoms with Gasteiger partial charge in [-0.3, -0.25) is 9.59 Å². The standard InChI is InChI=1S/C13H18N2O2S/c14-8-10-5-6-15(9-10)13(17)4-3-11(16)12-2-1-7-18-12/h1-2,7,10H,3-6,8-9,14H2. The average Bonchev–Trinajstić information content (AvgIpc) is 3.05. The van der Waals surface area contributed by atoms with E-state index >= 15 is 0 Å². The van der Waals surface area contributed by atoms with Crippen molar-refractivity contribution in [3.8, 4) is 0 Å². The molecule has 18 heavy (non-hydrogen) atoms. The molecule has 2 N–H and O–H groups in total. The third-order valence-corrected chi connectivity index (χ3v) is 4.24. The van der Waals surface area contributed by atoms with Gasteiger partial charge in [0, 0.05) is 25.9 Å². The molecule has 5 heteroatoms. The van der Waals surface area contributed by atoms with Gasteiger partial charge in [-0.15, -0.1) is 11.3 Å². The predicted molar refractivity (Wildman–Crippen MR) is 71.6 cm³/mol. The van der Waals surface area contributed by atoms with Crippen LogP contribution >= 0.6 is 11.3 Å². The van der Waals surface area contributed by atoms with Crippen LogP contribution in [0.2, 0.25) is 0 Å². The Bertz CT molecular complexity index is 417. The molecule has 2 rings (SSSR count). The van der Waals surface area contributed by atoms with Gasteiger partial charge in [0.05, 0.1) is 4.88 Å². The third-order valence-electron chi connectivity index (χ3n) is 3.33. The summed E-state index contributed by atoms with van der Waals surface area (Å²) in [6.07, 6.45) is 1.61. The summed E-state index contributed by atoms with van der Waals surface area (Å²) in [5.74, 6) is 0.575. The summed E-state index contributed by atoms with van der Waals surface area (Å²) < 4.78 is 0. The van der Waals surface area contributed by atoms with E-state index in [1.165, 1.54) is 11.3 Å². The van der Waals surface area contributed by atoms with Crippen LogP contribution in [0.5, 0.6) is 0 Å². The molecule has 0 spiro atoms. The van der Waals surface area contributed by atoms with Crippen molar-refractivity contribution >= 4 is 23.0 Å². The van der Waals surface area contributed by atoms with E-state index in [1.807, 2.05) is 16.3 Å². The summed E-state index contributed by atoms with van der Waals surface area (Å²) in [4.78, 5) is 26.3. The second-order valence-electron chi connectivity index (χ2n) is 4.63. The minimum absolute atomic E-state index is 0.0629. The lowest BCUT2D eigenvalue weighted by Gasteiger charge is -2.15. The number of Topliss-reactive ketones (excluding diaryl/α,β-unsaturated/α-hetero) is 1. The number of carbonyl (C=O) groups is 2. The Balaban J connectivity index is 1.77. The number of nitrogens with two attached hydrogens (primary N) is 1. The summed E-state index contributed by atoms with van der Waals surface area (Å²) in [6.45, 7) is 2.17. The molecule has 1 aromatic heterocycles. The summed E-state index contributed by atoms with van der Waals surface area (Å²) in [6, 6.07) is 3.66. The first-order valence-corrected chi connectivity index (χ1v) is 7.13. The molecule has 0 radical (unpaired) electrons. The molecule has 1 fully saturated rings. The molecule has 2 heterocycles. The van der Waals surface area contributed by atoms with Gasteiger partial charge in [0.25, 0.3) is 0 Å². The zero-order valence-corrected chi connectivity index (χ0v) is 11.1. The molecule has 4 nitrogen and oxygen atoms in total. The lowest BCUT2D eigenvalue weighted by molar-refractivity contribution is -0.130. The molecule has 1 unspecified atom stereocenters. The third kappa shape index (κ3) is 3.17. The van der Waals surface area contributed by atoms with Crippen molar-refractivity contribution in [2.45, 2.75) is 19.3 Å². The molecule has 1 amide bonds. The average molecular weight is 266 g/mol. The number of nitrogens with zero attached hydrogens (tertiary/aromatic N) is 1. The van der Waals surface area contributed by atoms with Gasteiger partial charge in [-0.05, 0) is 30.3 Å². The predicted octanol–water partition coefficient (Wildman–Crippen LogP) is 1.52. The van der Waals surface area contributed by atoms with Crippen LogP contribution in [-0.4, -0.2) is 36.2 Å². The number of hydrogen-bond donors (Lipinski definition) is 1. The van der Waals surface area contributed by atoms with Crippen molar-refractivity contribution in [1.82, 2.24) is 4.90 Å². The molecule has 0 aromatic carbocycles. The largest absolute Gasteiger partial charge is 0.342 e. The maximum absolute atomic E-state index is 11.9. The maximum Gasteiger partial charge on any atom is 0.223 e. The van der Waals surface area contributed by atoms with Gasteiger partial charge in [-0.1, -0.05) is 6.07 Å². The summed E-state index contributed by atoms with van der Waals surface area (Å²) in [5.41, 5.74) is 5.59. The molecule has 0 bridgehead atoms. The van der Waals surface area contributed by atoms with Gasteiger partial charge in [0.15, 0.2) is 5.78 Å². The quantitative estimate of drug-likeness (QED) is 0.822. The molecule has 1 saturated heterocycles. The Labute approximate surface area is 111 Å². The molecule has 1 aliphatic heterocycles. The van der Waals surface area contributed by atoms with Crippen molar-refractivity contribution in [1.29, 1.82) is 0 Å². The van der Waals surface area contributed by atoms with Crippen molar-refractivity contribution in [3.05, 3.63) is 22.4 Å². The highest BCUT2D eigenvalue weighted by atomic mass is 32.1. The molecular formula is C13H18N2O2S. The minimum Gasteiger partial charge on any atom is -0.342 e. The molecule has 1 aliphatic rings. The van der Waals surface area contributed by atoms with Crippen LogP contribution in [0.1, 0.15) is 28.9 Å². The Kier molecular flexibility index (Phi) is 4.49. The van der Waals surface area contributed by atoms with Crippen LogP contribution in [0, 0.1) is 5.92 Å². The van der Waals surface area contributed by atoms with Crippen LogP contribution in [0.4, 0.5) is 0 Å². The fourth-order valence-electron chi connectivity index (χ4n) is 2.19. The first-order chi connectivity index (χ1) is 8.70. The fourth-order valence-corrected chi connectivity index (χ4v) is 2.88. The Hall–Kier alpha value is -1.20. The van der Waals surface area contributed by atoms with E-state index in [-0.39, 0.29) is 11.7 Å². The lowest BCUT2D eigenvalue weighted by atomic mass is 10.1. The smallest absolute Gasteiger partial charge is 0.223 e. The van der Waals surface area contributed by atoms with Crippen LogP contribution in [0.25, 0.3) is 0 Å². The number of hydrogen-bond acceptors (Lipinski definition) is 4. The number of likely N-dealkylation sites (tertiary alicyclic amines) is 1. The van der Waals surface area contributed by atoms with E-state index in [4.69, 9.17) is 5.73 Å². The van der Waals surface area contributed by atoms with Gasteiger partial charge < -0.3 is 10.6 Å². The minimum atomic E-state index is 0.0629. The van der Waals surface area contributed by atoms with E-state index in [2.05, 4.69) is 0 Å². The van der Waals surface area contributed by atoms with Gasteiger partial charge in [-0.2, -0.15) is 0 Å². The van der Waals surface area contributed by atoms with Crippen LogP contribution < -0.4 is 5.73 Å².